The second kappa shape index (κ2) is 5.73. The van der Waals surface area contributed by atoms with Crippen LogP contribution in [0, 0.1) is 5.92 Å². The van der Waals surface area contributed by atoms with Gasteiger partial charge >= 0.3 is 0 Å². The highest BCUT2D eigenvalue weighted by Gasteiger charge is 2.29. The molecular weight excluding hydrogens is 270 g/mol. The average molecular weight is 289 g/mol. The molecule has 2 unspecified atom stereocenters. The first-order valence-electron chi connectivity index (χ1n) is 7.17. The van der Waals surface area contributed by atoms with E-state index >= 15 is 0 Å². The fourth-order valence-electron chi connectivity index (χ4n) is 2.60. The minimum Gasteiger partial charge on any atom is -0.454 e. The van der Waals surface area contributed by atoms with Gasteiger partial charge in [-0.3, -0.25) is 9.48 Å². The Kier molecular flexibility index (Phi) is 3.79. The number of carbonyl (C=O) groups is 1. The summed E-state index contributed by atoms with van der Waals surface area (Å²) >= 11 is 0. The van der Waals surface area contributed by atoms with Crippen LogP contribution in [-0.2, 0) is 6.54 Å². The highest BCUT2D eigenvalue weighted by molar-refractivity contribution is 5.91. The molecule has 1 N–H and O–H groups in total. The van der Waals surface area contributed by atoms with Gasteiger partial charge in [0.25, 0.3) is 5.91 Å². The van der Waals surface area contributed by atoms with E-state index in [2.05, 4.69) is 5.10 Å². The zero-order valence-corrected chi connectivity index (χ0v) is 12.0. The molecule has 1 amide bonds. The molecule has 0 aromatic carbocycles. The molecule has 0 spiro atoms. The van der Waals surface area contributed by atoms with Crippen LogP contribution in [0.2, 0.25) is 0 Å². The first-order chi connectivity index (χ1) is 10.1. The van der Waals surface area contributed by atoms with Crippen LogP contribution in [0.3, 0.4) is 0 Å². The van der Waals surface area contributed by atoms with Crippen molar-refractivity contribution in [2.24, 2.45) is 5.92 Å². The number of aromatic nitrogens is 2. The summed E-state index contributed by atoms with van der Waals surface area (Å²) in [6.07, 6.45) is 3.85. The summed E-state index contributed by atoms with van der Waals surface area (Å²) in [6, 6.07) is 5.35. The summed E-state index contributed by atoms with van der Waals surface area (Å²) in [5.41, 5.74) is 0. The molecule has 1 saturated heterocycles. The van der Waals surface area contributed by atoms with Crippen LogP contribution < -0.4 is 0 Å². The fourth-order valence-corrected chi connectivity index (χ4v) is 2.60. The Balaban J connectivity index is 1.67. The molecule has 0 saturated carbocycles. The third-order valence-corrected chi connectivity index (χ3v) is 3.90. The molecule has 6 nitrogen and oxygen atoms in total. The van der Waals surface area contributed by atoms with Gasteiger partial charge in [-0.25, -0.2) is 0 Å². The van der Waals surface area contributed by atoms with Gasteiger partial charge in [0, 0.05) is 25.5 Å². The molecule has 3 heterocycles. The zero-order chi connectivity index (χ0) is 14.8. The van der Waals surface area contributed by atoms with Gasteiger partial charge < -0.3 is 14.4 Å². The Bertz CT molecular complexity index is 605. The molecule has 0 radical (unpaired) electrons. The van der Waals surface area contributed by atoms with E-state index in [0.29, 0.717) is 37.6 Å². The Morgan fingerprint density at radius 2 is 2.38 bits per heavy atom. The second-order valence-corrected chi connectivity index (χ2v) is 5.55. The van der Waals surface area contributed by atoms with E-state index < -0.39 is 0 Å². The van der Waals surface area contributed by atoms with E-state index in [9.17, 15) is 9.90 Å². The number of piperidine rings is 1. The number of hydrogen-bond acceptors (Lipinski definition) is 4. The van der Waals surface area contributed by atoms with Crippen LogP contribution in [0.5, 0.6) is 0 Å². The van der Waals surface area contributed by atoms with Gasteiger partial charge in [0.1, 0.15) is 5.76 Å². The van der Waals surface area contributed by atoms with Crippen molar-refractivity contribution in [2.75, 3.05) is 13.1 Å². The Morgan fingerprint density at radius 3 is 3.10 bits per heavy atom. The van der Waals surface area contributed by atoms with Crippen LogP contribution in [0.25, 0.3) is 0 Å². The lowest BCUT2D eigenvalue weighted by Crippen LogP contribution is -2.44. The lowest BCUT2D eigenvalue weighted by Gasteiger charge is -2.33. The molecular formula is C15H19N3O3. The number of nitrogens with zero attached hydrogens (tertiary/aromatic N) is 3. The predicted octanol–water partition coefficient (Wildman–Crippen LogP) is 1.37. The summed E-state index contributed by atoms with van der Waals surface area (Å²) in [6.45, 7) is 3.60. The lowest BCUT2D eigenvalue weighted by molar-refractivity contribution is 0.0278. The monoisotopic (exact) mass is 289 g/mol. The number of hydrogen-bond donors (Lipinski definition) is 1. The molecule has 6 heteroatoms. The molecule has 2 atom stereocenters. The van der Waals surface area contributed by atoms with E-state index in [-0.39, 0.29) is 17.9 Å². The van der Waals surface area contributed by atoms with Gasteiger partial charge in [0.05, 0.1) is 12.6 Å². The van der Waals surface area contributed by atoms with E-state index in [0.717, 1.165) is 0 Å². The van der Waals surface area contributed by atoms with Crippen LogP contribution >= 0.6 is 0 Å². The Hall–Kier alpha value is -2.08. The van der Waals surface area contributed by atoms with E-state index in [1.54, 1.807) is 27.9 Å². The number of rotatable bonds is 3. The quantitative estimate of drug-likeness (QED) is 0.926. The van der Waals surface area contributed by atoms with Crippen molar-refractivity contribution in [3.63, 3.8) is 0 Å². The van der Waals surface area contributed by atoms with Crippen LogP contribution in [0.1, 0.15) is 29.7 Å². The third kappa shape index (κ3) is 3.00. The third-order valence-electron chi connectivity index (χ3n) is 3.90. The van der Waals surface area contributed by atoms with Gasteiger partial charge in [-0.2, -0.15) is 5.10 Å². The number of aliphatic hydroxyl groups excluding tert-OH is 1. The Labute approximate surface area is 123 Å². The normalized spacial score (nSPS) is 22.5. The number of amides is 1. The molecule has 0 bridgehead atoms. The van der Waals surface area contributed by atoms with Crippen LogP contribution in [0.15, 0.2) is 35.0 Å². The largest absolute Gasteiger partial charge is 0.454 e. The maximum atomic E-state index is 12.4. The highest BCUT2D eigenvalue weighted by Crippen LogP contribution is 2.20. The molecule has 1 aliphatic heterocycles. The molecule has 3 rings (SSSR count). The number of furan rings is 1. The lowest BCUT2D eigenvalue weighted by atomic mass is 9.96. The summed E-state index contributed by atoms with van der Waals surface area (Å²) in [5, 5.41) is 13.8. The highest BCUT2D eigenvalue weighted by atomic mass is 16.4. The van der Waals surface area contributed by atoms with Gasteiger partial charge in [-0.1, -0.05) is 6.92 Å². The first kappa shape index (κ1) is 13.9. The topological polar surface area (TPSA) is 71.5 Å². The molecule has 21 heavy (non-hydrogen) atoms. The van der Waals surface area contributed by atoms with Gasteiger partial charge in [-0.05, 0) is 30.5 Å². The molecule has 0 aliphatic carbocycles. The van der Waals surface area contributed by atoms with Crippen LogP contribution in [-0.4, -0.2) is 44.9 Å². The van der Waals surface area contributed by atoms with Gasteiger partial charge in [0.15, 0.2) is 5.76 Å². The van der Waals surface area contributed by atoms with Crippen molar-refractivity contribution in [1.29, 1.82) is 0 Å². The van der Waals surface area contributed by atoms with Gasteiger partial charge in [0.2, 0.25) is 0 Å². The molecule has 2 aromatic heterocycles. The minimum atomic E-state index is -0.318. The van der Waals surface area contributed by atoms with Crippen molar-refractivity contribution in [3.8, 4) is 0 Å². The summed E-state index contributed by atoms with van der Waals surface area (Å²) in [5.74, 6) is 1.04. The van der Waals surface area contributed by atoms with Crippen molar-refractivity contribution in [2.45, 2.75) is 26.0 Å². The first-order valence-corrected chi connectivity index (χ1v) is 7.17. The van der Waals surface area contributed by atoms with Crippen molar-refractivity contribution < 1.29 is 14.3 Å². The maximum Gasteiger partial charge on any atom is 0.289 e. The van der Waals surface area contributed by atoms with Crippen molar-refractivity contribution in [1.82, 2.24) is 14.7 Å². The summed E-state index contributed by atoms with van der Waals surface area (Å²) in [7, 11) is 0. The number of carbonyl (C=O) groups excluding carboxylic acids is 1. The maximum absolute atomic E-state index is 12.4. The minimum absolute atomic E-state index is 0.0983. The standard InChI is InChI=1S/C15H19N3O3/c1-11-9-17(8-5-13(11)19)15(20)14-4-3-12(21-14)10-18-7-2-6-16-18/h2-4,6-7,11,13,19H,5,8-10H2,1H3. The van der Waals surface area contributed by atoms with E-state index in [1.165, 1.54) is 0 Å². The van der Waals surface area contributed by atoms with Crippen molar-refractivity contribution in [3.05, 3.63) is 42.1 Å². The smallest absolute Gasteiger partial charge is 0.289 e. The van der Waals surface area contributed by atoms with Crippen LogP contribution in [0.4, 0.5) is 0 Å². The average Bonchev–Trinajstić information content (AvgIpc) is 3.13. The van der Waals surface area contributed by atoms with E-state index in [1.807, 2.05) is 19.2 Å². The molecule has 1 fully saturated rings. The Morgan fingerprint density at radius 1 is 1.52 bits per heavy atom. The summed E-state index contributed by atoms with van der Waals surface area (Å²) in [4.78, 5) is 14.1. The molecule has 2 aromatic rings. The molecule has 112 valence electrons. The fraction of sp³-hybridized carbons (Fsp3) is 0.467. The summed E-state index contributed by atoms with van der Waals surface area (Å²) < 4.78 is 7.36. The molecule has 1 aliphatic rings. The van der Waals surface area contributed by atoms with Gasteiger partial charge in [-0.15, -0.1) is 0 Å². The number of aliphatic hydroxyl groups is 1. The van der Waals surface area contributed by atoms with E-state index in [4.69, 9.17) is 4.42 Å². The number of likely N-dealkylation sites (tertiary alicyclic amines) is 1. The second-order valence-electron chi connectivity index (χ2n) is 5.55. The zero-order valence-electron chi connectivity index (χ0n) is 12.0. The van der Waals surface area contributed by atoms with Crippen molar-refractivity contribution >= 4 is 5.91 Å². The SMILES string of the molecule is CC1CN(C(=O)c2ccc(Cn3cccn3)o2)CCC1O. The predicted molar refractivity (Wildman–Crippen MR) is 75.7 cm³/mol.